The highest BCUT2D eigenvalue weighted by Gasteiger charge is 2.27. The number of thiophene rings is 1. The van der Waals surface area contributed by atoms with Crippen LogP contribution in [0.25, 0.3) is 0 Å². The summed E-state index contributed by atoms with van der Waals surface area (Å²) < 4.78 is 27.6. The molecule has 1 heterocycles. The molecule has 1 atom stereocenters. The molecule has 1 aliphatic rings. The van der Waals surface area contributed by atoms with Crippen molar-refractivity contribution in [1.82, 2.24) is 4.72 Å². The van der Waals surface area contributed by atoms with Crippen molar-refractivity contribution in [2.45, 2.75) is 56.2 Å². The van der Waals surface area contributed by atoms with Crippen LogP contribution in [0.15, 0.2) is 10.3 Å². The number of carbonyl (C=O) groups is 1. The third kappa shape index (κ3) is 3.84. The summed E-state index contributed by atoms with van der Waals surface area (Å²) in [6.45, 7) is 3.51. The first kappa shape index (κ1) is 16.5. The highest BCUT2D eigenvalue weighted by atomic mass is 32.2. The van der Waals surface area contributed by atoms with E-state index in [4.69, 9.17) is 5.11 Å². The number of carboxylic acids is 1. The lowest BCUT2D eigenvalue weighted by Crippen LogP contribution is -2.38. The van der Waals surface area contributed by atoms with E-state index in [1.807, 2.05) is 6.92 Å². The zero-order valence-electron chi connectivity index (χ0n) is 12.3. The average molecular weight is 331 g/mol. The number of carboxylic acid groups (broad SMARTS) is 1. The summed E-state index contributed by atoms with van der Waals surface area (Å²) in [4.78, 5) is 11.1. The first-order valence-corrected chi connectivity index (χ1v) is 9.47. The zero-order chi connectivity index (χ0) is 15.6. The Bertz CT molecular complexity index is 615. The van der Waals surface area contributed by atoms with Crippen LogP contribution in [-0.2, 0) is 10.0 Å². The van der Waals surface area contributed by atoms with Gasteiger partial charge in [-0.05, 0) is 44.2 Å². The maximum atomic E-state index is 12.4. The first-order valence-electron chi connectivity index (χ1n) is 7.17. The molecule has 0 unspecified atom stereocenters. The average Bonchev–Trinajstić information content (AvgIpc) is 2.82. The molecule has 1 fully saturated rings. The van der Waals surface area contributed by atoms with Crippen molar-refractivity contribution < 1.29 is 18.3 Å². The Labute approximate surface area is 129 Å². The van der Waals surface area contributed by atoms with E-state index in [1.165, 1.54) is 12.5 Å². The van der Waals surface area contributed by atoms with Crippen LogP contribution < -0.4 is 4.72 Å². The molecule has 118 valence electrons. The van der Waals surface area contributed by atoms with Gasteiger partial charge in [0, 0.05) is 6.04 Å². The van der Waals surface area contributed by atoms with Crippen molar-refractivity contribution in [2.24, 2.45) is 5.92 Å². The van der Waals surface area contributed by atoms with E-state index in [-0.39, 0.29) is 15.1 Å². The van der Waals surface area contributed by atoms with Crippen LogP contribution in [0, 0.1) is 12.8 Å². The molecule has 0 radical (unpaired) electrons. The van der Waals surface area contributed by atoms with Crippen LogP contribution in [0.5, 0.6) is 0 Å². The molecule has 0 spiro atoms. The molecule has 0 aliphatic heterocycles. The monoisotopic (exact) mass is 331 g/mol. The largest absolute Gasteiger partial charge is 0.477 e. The Balaban J connectivity index is 2.14. The maximum absolute atomic E-state index is 12.4. The summed E-state index contributed by atoms with van der Waals surface area (Å²) in [5.41, 5.74) is 0.484. The molecule has 21 heavy (non-hydrogen) atoms. The van der Waals surface area contributed by atoms with Gasteiger partial charge in [-0.1, -0.05) is 19.3 Å². The molecule has 0 bridgehead atoms. The van der Waals surface area contributed by atoms with Gasteiger partial charge in [0.05, 0.1) is 0 Å². The fraction of sp³-hybridized carbons (Fsp3) is 0.643. The predicted octanol–water partition coefficient (Wildman–Crippen LogP) is 3.00. The lowest BCUT2D eigenvalue weighted by molar-refractivity contribution is 0.0701. The lowest BCUT2D eigenvalue weighted by Gasteiger charge is -2.27. The van der Waals surface area contributed by atoms with Crippen LogP contribution in [0.3, 0.4) is 0 Å². The molecule has 0 aromatic carbocycles. The molecular formula is C14H21NO4S2. The van der Waals surface area contributed by atoms with Crippen LogP contribution >= 0.6 is 11.3 Å². The fourth-order valence-corrected chi connectivity index (χ4v) is 5.54. The van der Waals surface area contributed by atoms with Gasteiger partial charge in [-0.25, -0.2) is 17.9 Å². The maximum Gasteiger partial charge on any atom is 0.346 e. The van der Waals surface area contributed by atoms with Crippen molar-refractivity contribution >= 4 is 27.3 Å². The van der Waals surface area contributed by atoms with E-state index < -0.39 is 16.0 Å². The molecular weight excluding hydrogens is 310 g/mol. The van der Waals surface area contributed by atoms with Crippen molar-refractivity contribution in [3.63, 3.8) is 0 Å². The lowest BCUT2D eigenvalue weighted by atomic mass is 9.85. The Hall–Kier alpha value is -0.920. The van der Waals surface area contributed by atoms with Gasteiger partial charge >= 0.3 is 5.97 Å². The molecule has 1 saturated carbocycles. The van der Waals surface area contributed by atoms with Gasteiger partial charge in [0.15, 0.2) is 0 Å². The predicted molar refractivity (Wildman–Crippen MR) is 82.4 cm³/mol. The normalized spacial score (nSPS) is 18.6. The van der Waals surface area contributed by atoms with Crippen LogP contribution in [0.4, 0.5) is 0 Å². The third-order valence-electron chi connectivity index (χ3n) is 4.05. The summed E-state index contributed by atoms with van der Waals surface area (Å²) >= 11 is 0.813. The SMILES string of the molecule is Cc1cc(S(=O)(=O)N[C@@H](C)C2CCCCC2)sc1C(=O)O. The quantitative estimate of drug-likeness (QED) is 0.869. The second kappa shape index (κ2) is 6.46. The minimum absolute atomic E-state index is 0.0834. The molecule has 2 rings (SSSR count). The Morgan fingerprint density at radius 2 is 2.00 bits per heavy atom. The standard InChI is InChI=1S/C14H21NO4S2/c1-9-8-12(20-13(9)14(16)17)21(18,19)15-10(2)11-6-4-3-5-7-11/h8,10-11,15H,3-7H2,1-2H3,(H,16,17)/t10-/m0/s1. The molecule has 5 nitrogen and oxygen atoms in total. The number of rotatable bonds is 5. The second-order valence-electron chi connectivity index (χ2n) is 5.69. The summed E-state index contributed by atoms with van der Waals surface area (Å²) in [5, 5.41) is 9.03. The summed E-state index contributed by atoms with van der Waals surface area (Å²) in [6, 6.07) is 1.32. The highest BCUT2D eigenvalue weighted by molar-refractivity contribution is 7.91. The molecule has 7 heteroatoms. The van der Waals surface area contributed by atoms with Gasteiger partial charge < -0.3 is 5.11 Å². The van der Waals surface area contributed by atoms with Crippen LogP contribution in [0.2, 0.25) is 0 Å². The van der Waals surface area contributed by atoms with Crippen molar-refractivity contribution in [2.75, 3.05) is 0 Å². The number of sulfonamides is 1. The van der Waals surface area contributed by atoms with Gasteiger partial charge in [-0.2, -0.15) is 0 Å². The van der Waals surface area contributed by atoms with Gasteiger partial charge in [0.25, 0.3) is 0 Å². The van der Waals surface area contributed by atoms with Gasteiger partial charge in [-0.15, -0.1) is 11.3 Å². The summed E-state index contributed by atoms with van der Waals surface area (Å²) in [7, 11) is -3.64. The van der Waals surface area contributed by atoms with Gasteiger partial charge in [0.1, 0.15) is 9.09 Å². The minimum Gasteiger partial charge on any atom is -0.477 e. The van der Waals surface area contributed by atoms with Crippen LogP contribution in [0.1, 0.15) is 54.3 Å². The van der Waals surface area contributed by atoms with Crippen molar-refractivity contribution in [1.29, 1.82) is 0 Å². The van der Waals surface area contributed by atoms with Gasteiger partial charge in [0.2, 0.25) is 10.0 Å². The number of aromatic carboxylic acids is 1. The van der Waals surface area contributed by atoms with E-state index in [9.17, 15) is 13.2 Å². The molecule has 0 saturated heterocycles. The van der Waals surface area contributed by atoms with Crippen molar-refractivity contribution in [3.8, 4) is 0 Å². The highest BCUT2D eigenvalue weighted by Crippen LogP contribution is 2.29. The fourth-order valence-electron chi connectivity index (χ4n) is 2.83. The van der Waals surface area contributed by atoms with E-state index in [0.29, 0.717) is 11.5 Å². The summed E-state index contributed by atoms with van der Waals surface area (Å²) in [6.07, 6.45) is 5.62. The number of nitrogens with one attached hydrogen (secondary N) is 1. The number of hydrogen-bond donors (Lipinski definition) is 2. The zero-order valence-corrected chi connectivity index (χ0v) is 13.9. The van der Waals surface area contributed by atoms with Gasteiger partial charge in [-0.3, -0.25) is 0 Å². The number of aryl methyl sites for hydroxylation is 1. The van der Waals surface area contributed by atoms with E-state index in [2.05, 4.69) is 4.72 Å². The second-order valence-corrected chi connectivity index (χ2v) is 8.68. The molecule has 1 aliphatic carbocycles. The minimum atomic E-state index is -3.64. The Kier molecular flexibility index (Phi) is 5.06. The van der Waals surface area contributed by atoms with E-state index in [1.54, 1.807) is 6.92 Å². The van der Waals surface area contributed by atoms with Crippen LogP contribution in [-0.4, -0.2) is 25.5 Å². The first-order chi connectivity index (χ1) is 9.81. The van der Waals surface area contributed by atoms with Crippen molar-refractivity contribution in [3.05, 3.63) is 16.5 Å². The Morgan fingerprint density at radius 1 is 1.38 bits per heavy atom. The smallest absolute Gasteiger partial charge is 0.346 e. The topological polar surface area (TPSA) is 83.5 Å². The summed E-state index contributed by atoms with van der Waals surface area (Å²) in [5.74, 6) is -0.715. The molecule has 0 amide bonds. The molecule has 1 aromatic rings. The third-order valence-corrected chi connectivity index (χ3v) is 7.31. The molecule has 1 aromatic heterocycles. The number of hydrogen-bond acceptors (Lipinski definition) is 4. The van der Waals surface area contributed by atoms with E-state index >= 15 is 0 Å². The Morgan fingerprint density at radius 3 is 2.52 bits per heavy atom. The molecule has 2 N–H and O–H groups in total. The van der Waals surface area contributed by atoms with E-state index in [0.717, 1.165) is 37.0 Å².